The molecule has 9 heavy (non-hydrogen) atoms. The molecule has 1 aromatic heterocycles. The van der Waals surface area contributed by atoms with E-state index < -0.39 is 0 Å². The second-order valence-corrected chi connectivity index (χ2v) is 1.91. The van der Waals surface area contributed by atoms with Crippen molar-refractivity contribution in [2.75, 3.05) is 0 Å². The minimum Gasteiger partial charge on any atom is -0.469 e. The second kappa shape index (κ2) is 2.53. The Labute approximate surface area is 55.0 Å². The average Bonchev–Trinajstić information content (AvgIpc) is 2.17. The fourth-order valence-corrected chi connectivity index (χ4v) is 0.700. The van der Waals surface area contributed by atoms with Crippen LogP contribution >= 0.6 is 0 Å². The molecular weight excluding hydrogens is 112 g/mol. The van der Waals surface area contributed by atoms with Crippen LogP contribution in [0.4, 0.5) is 0 Å². The van der Waals surface area contributed by atoms with Gasteiger partial charge in [-0.3, -0.25) is 0 Å². The lowest BCUT2D eigenvalue weighted by atomic mass is 10.2. The SMILES string of the molecule is [CH2]c1cc(CC=C)co1. The lowest BCUT2D eigenvalue weighted by Gasteiger charge is -1.80. The number of allylic oxidation sites excluding steroid dienone is 1. The number of hydrogen-bond donors (Lipinski definition) is 0. The third kappa shape index (κ3) is 1.46. The van der Waals surface area contributed by atoms with Crippen LogP contribution in [0.5, 0.6) is 0 Å². The third-order valence-electron chi connectivity index (χ3n) is 1.09. The molecule has 0 N–H and O–H groups in total. The van der Waals surface area contributed by atoms with Gasteiger partial charge in [0.2, 0.25) is 0 Å². The zero-order valence-electron chi connectivity index (χ0n) is 5.26. The maximum atomic E-state index is 4.96. The fraction of sp³-hybridized carbons (Fsp3) is 0.125. The second-order valence-electron chi connectivity index (χ2n) is 1.91. The van der Waals surface area contributed by atoms with Crippen molar-refractivity contribution in [2.45, 2.75) is 6.42 Å². The molecular formula is C8H9O. The molecule has 0 saturated carbocycles. The Kier molecular flexibility index (Phi) is 1.73. The summed E-state index contributed by atoms with van der Waals surface area (Å²) in [6.45, 7) is 7.23. The zero-order valence-corrected chi connectivity index (χ0v) is 5.26. The summed E-state index contributed by atoms with van der Waals surface area (Å²) in [5, 5.41) is 0. The van der Waals surface area contributed by atoms with Crippen LogP contribution in [0.25, 0.3) is 0 Å². The molecule has 1 rings (SSSR count). The van der Waals surface area contributed by atoms with Crippen molar-refractivity contribution < 1.29 is 4.42 Å². The van der Waals surface area contributed by atoms with Crippen LogP contribution in [0.2, 0.25) is 0 Å². The van der Waals surface area contributed by atoms with Crippen molar-refractivity contribution in [1.29, 1.82) is 0 Å². The molecule has 1 heterocycles. The molecule has 0 aliphatic carbocycles. The summed E-state index contributed by atoms with van der Waals surface area (Å²) in [6.07, 6.45) is 4.40. The van der Waals surface area contributed by atoms with E-state index in [2.05, 4.69) is 13.5 Å². The molecule has 0 aliphatic heterocycles. The molecule has 0 fully saturated rings. The van der Waals surface area contributed by atoms with Crippen molar-refractivity contribution in [3.63, 3.8) is 0 Å². The molecule has 0 amide bonds. The average molecular weight is 121 g/mol. The minimum atomic E-state index is 0.715. The standard InChI is InChI=1S/C8H9O/c1-3-4-8-5-7(2)9-6-8/h3,5-6H,1-2,4H2. The first-order chi connectivity index (χ1) is 4.33. The molecule has 0 saturated heterocycles. The van der Waals surface area contributed by atoms with E-state index in [4.69, 9.17) is 4.42 Å². The van der Waals surface area contributed by atoms with E-state index in [-0.39, 0.29) is 0 Å². The quantitative estimate of drug-likeness (QED) is 0.546. The molecule has 1 heteroatoms. The summed E-state index contributed by atoms with van der Waals surface area (Å²) in [4.78, 5) is 0. The maximum absolute atomic E-state index is 4.96. The van der Waals surface area contributed by atoms with Gasteiger partial charge in [0, 0.05) is 6.92 Å². The molecule has 0 aliphatic rings. The van der Waals surface area contributed by atoms with E-state index in [1.54, 1.807) is 6.26 Å². The van der Waals surface area contributed by atoms with Gasteiger partial charge in [-0.15, -0.1) is 6.58 Å². The van der Waals surface area contributed by atoms with Gasteiger partial charge in [-0.25, -0.2) is 0 Å². The predicted molar refractivity (Wildman–Crippen MR) is 37.1 cm³/mol. The van der Waals surface area contributed by atoms with Crippen LogP contribution in [-0.2, 0) is 6.42 Å². The summed E-state index contributed by atoms with van der Waals surface area (Å²) in [7, 11) is 0. The predicted octanol–water partition coefficient (Wildman–Crippen LogP) is 2.19. The van der Waals surface area contributed by atoms with Crippen molar-refractivity contribution in [1.82, 2.24) is 0 Å². The molecule has 0 aromatic carbocycles. The minimum absolute atomic E-state index is 0.715. The van der Waals surface area contributed by atoms with Gasteiger partial charge in [0.25, 0.3) is 0 Å². The zero-order chi connectivity index (χ0) is 6.69. The Hall–Kier alpha value is -0.980. The largest absolute Gasteiger partial charge is 0.469 e. The van der Waals surface area contributed by atoms with Crippen LogP contribution in [0.1, 0.15) is 11.3 Å². The smallest absolute Gasteiger partial charge is 0.104 e. The molecule has 1 radical (unpaired) electrons. The highest BCUT2D eigenvalue weighted by Gasteiger charge is 1.92. The van der Waals surface area contributed by atoms with E-state index in [0.717, 1.165) is 12.0 Å². The lowest BCUT2D eigenvalue weighted by Crippen LogP contribution is -1.70. The number of furan rings is 1. The van der Waals surface area contributed by atoms with Gasteiger partial charge < -0.3 is 4.42 Å². The normalized spacial score (nSPS) is 9.44. The van der Waals surface area contributed by atoms with Gasteiger partial charge in [0.15, 0.2) is 0 Å². The molecule has 0 bridgehead atoms. The highest BCUT2D eigenvalue weighted by atomic mass is 16.3. The topological polar surface area (TPSA) is 13.1 Å². The Balaban J connectivity index is 2.72. The van der Waals surface area contributed by atoms with Gasteiger partial charge in [-0.1, -0.05) is 6.08 Å². The van der Waals surface area contributed by atoms with Crippen LogP contribution in [-0.4, -0.2) is 0 Å². The Morgan fingerprint density at radius 2 is 2.44 bits per heavy atom. The first kappa shape index (κ1) is 6.14. The lowest BCUT2D eigenvalue weighted by molar-refractivity contribution is 0.546. The molecule has 0 atom stereocenters. The highest BCUT2D eigenvalue weighted by Crippen LogP contribution is 2.06. The molecule has 1 nitrogen and oxygen atoms in total. The van der Waals surface area contributed by atoms with Crippen LogP contribution < -0.4 is 0 Å². The fourth-order valence-electron chi connectivity index (χ4n) is 0.700. The van der Waals surface area contributed by atoms with E-state index in [9.17, 15) is 0 Å². The van der Waals surface area contributed by atoms with Crippen molar-refractivity contribution >= 4 is 0 Å². The summed E-state index contributed by atoms with van der Waals surface area (Å²) in [6, 6.07) is 1.90. The number of hydrogen-bond acceptors (Lipinski definition) is 1. The van der Waals surface area contributed by atoms with Crippen molar-refractivity contribution in [3.8, 4) is 0 Å². The highest BCUT2D eigenvalue weighted by molar-refractivity contribution is 5.16. The summed E-state index contributed by atoms with van der Waals surface area (Å²) in [5.41, 5.74) is 1.13. The van der Waals surface area contributed by atoms with Crippen molar-refractivity contribution in [3.05, 3.63) is 43.2 Å². The van der Waals surface area contributed by atoms with E-state index in [1.807, 2.05) is 12.1 Å². The van der Waals surface area contributed by atoms with Gasteiger partial charge in [-0.2, -0.15) is 0 Å². The van der Waals surface area contributed by atoms with E-state index in [1.165, 1.54) is 0 Å². The van der Waals surface area contributed by atoms with Crippen LogP contribution in [0.3, 0.4) is 0 Å². The molecule has 0 unspecified atom stereocenters. The van der Waals surface area contributed by atoms with Gasteiger partial charge >= 0.3 is 0 Å². The number of rotatable bonds is 2. The van der Waals surface area contributed by atoms with Gasteiger partial charge in [-0.05, 0) is 18.1 Å². The van der Waals surface area contributed by atoms with Crippen LogP contribution in [0.15, 0.2) is 29.4 Å². The first-order valence-corrected chi connectivity index (χ1v) is 2.83. The Bertz CT molecular complexity index is 198. The first-order valence-electron chi connectivity index (χ1n) is 2.83. The van der Waals surface area contributed by atoms with Gasteiger partial charge in [0.05, 0.1) is 6.26 Å². The molecule has 0 spiro atoms. The molecule has 1 aromatic rings. The Morgan fingerprint density at radius 3 is 2.89 bits per heavy atom. The third-order valence-corrected chi connectivity index (χ3v) is 1.09. The van der Waals surface area contributed by atoms with Gasteiger partial charge in [0.1, 0.15) is 5.76 Å². The monoisotopic (exact) mass is 121 g/mol. The summed E-state index contributed by atoms with van der Waals surface area (Å²) in [5.74, 6) is 0.715. The maximum Gasteiger partial charge on any atom is 0.104 e. The van der Waals surface area contributed by atoms with Crippen molar-refractivity contribution in [2.24, 2.45) is 0 Å². The van der Waals surface area contributed by atoms with E-state index >= 15 is 0 Å². The van der Waals surface area contributed by atoms with Crippen LogP contribution in [0, 0.1) is 6.92 Å². The van der Waals surface area contributed by atoms with E-state index in [0.29, 0.717) is 5.76 Å². The Morgan fingerprint density at radius 1 is 1.67 bits per heavy atom. The summed E-state index contributed by atoms with van der Waals surface area (Å²) >= 11 is 0. The molecule has 47 valence electrons. The summed E-state index contributed by atoms with van der Waals surface area (Å²) < 4.78 is 4.96.